The van der Waals surface area contributed by atoms with Gasteiger partial charge in [-0.25, -0.2) is 0 Å². The molecule has 1 heterocycles. The second kappa shape index (κ2) is 3.66. The van der Waals surface area contributed by atoms with Gasteiger partial charge in [0.15, 0.2) is 0 Å². The summed E-state index contributed by atoms with van der Waals surface area (Å²) in [7, 11) is 0. The molecule has 0 saturated heterocycles. The van der Waals surface area contributed by atoms with Crippen molar-refractivity contribution in [3.05, 3.63) is 48.0 Å². The third kappa shape index (κ3) is 1.55. The van der Waals surface area contributed by atoms with Gasteiger partial charge < -0.3 is 4.90 Å². The van der Waals surface area contributed by atoms with Gasteiger partial charge in [0.05, 0.1) is 6.04 Å². The van der Waals surface area contributed by atoms with E-state index in [0.29, 0.717) is 0 Å². The van der Waals surface area contributed by atoms with Crippen LogP contribution in [-0.2, 0) is 4.79 Å². The van der Waals surface area contributed by atoms with Gasteiger partial charge in [0, 0.05) is 12.6 Å². The molecule has 14 heavy (non-hydrogen) atoms. The molecular formula is C12H13NO. The van der Waals surface area contributed by atoms with Crippen molar-refractivity contribution >= 4 is 5.91 Å². The molecule has 1 aliphatic rings. The highest BCUT2D eigenvalue weighted by Gasteiger charge is 2.21. The summed E-state index contributed by atoms with van der Waals surface area (Å²) >= 11 is 0. The third-order valence-electron chi connectivity index (χ3n) is 2.60. The minimum Gasteiger partial charge on any atom is -0.329 e. The smallest absolute Gasteiger partial charge is 0.247 e. The number of amides is 1. The fourth-order valence-electron chi connectivity index (χ4n) is 1.71. The van der Waals surface area contributed by atoms with Crippen molar-refractivity contribution in [3.63, 3.8) is 0 Å². The number of hydrogen-bond donors (Lipinski definition) is 0. The molecule has 1 amide bonds. The van der Waals surface area contributed by atoms with E-state index in [-0.39, 0.29) is 11.9 Å². The van der Waals surface area contributed by atoms with Crippen LogP contribution in [0.15, 0.2) is 42.5 Å². The van der Waals surface area contributed by atoms with Crippen molar-refractivity contribution in [1.82, 2.24) is 4.90 Å². The molecule has 0 aliphatic carbocycles. The van der Waals surface area contributed by atoms with E-state index in [1.54, 1.807) is 6.08 Å². The Morgan fingerprint density at radius 1 is 1.29 bits per heavy atom. The van der Waals surface area contributed by atoms with Crippen LogP contribution in [0.25, 0.3) is 0 Å². The van der Waals surface area contributed by atoms with E-state index in [0.717, 1.165) is 6.54 Å². The maximum atomic E-state index is 11.4. The predicted molar refractivity (Wildman–Crippen MR) is 55.7 cm³/mol. The number of nitrogens with zero attached hydrogens (tertiary/aromatic N) is 1. The van der Waals surface area contributed by atoms with Crippen molar-refractivity contribution < 1.29 is 4.79 Å². The van der Waals surface area contributed by atoms with Gasteiger partial charge in [-0.1, -0.05) is 36.4 Å². The summed E-state index contributed by atoms with van der Waals surface area (Å²) in [5.41, 5.74) is 1.18. The monoisotopic (exact) mass is 187 g/mol. The summed E-state index contributed by atoms with van der Waals surface area (Å²) < 4.78 is 0. The summed E-state index contributed by atoms with van der Waals surface area (Å²) in [6.45, 7) is 2.79. The highest BCUT2D eigenvalue weighted by molar-refractivity contribution is 5.90. The van der Waals surface area contributed by atoms with Gasteiger partial charge in [-0.15, -0.1) is 0 Å². The second-order valence-electron chi connectivity index (χ2n) is 3.48. The molecule has 1 atom stereocenters. The molecule has 2 heteroatoms. The van der Waals surface area contributed by atoms with Crippen LogP contribution < -0.4 is 0 Å². The van der Waals surface area contributed by atoms with E-state index in [9.17, 15) is 4.79 Å². The van der Waals surface area contributed by atoms with Gasteiger partial charge >= 0.3 is 0 Å². The Labute approximate surface area is 83.8 Å². The molecule has 0 saturated carbocycles. The normalized spacial score (nSPS) is 17.5. The molecular weight excluding hydrogens is 174 g/mol. The fraction of sp³-hybridized carbons (Fsp3) is 0.250. The average Bonchev–Trinajstić information content (AvgIpc) is 2.65. The average molecular weight is 187 g/mol. The van der Waals surface area contributed by atoms with Crippen LogP contribution in [0, 0.1) is 0 Å². The zero-order chi connectivity index (χ0) is 9.97. The molecule has 0 fully saturated rings. The summed E-state index contributed by atoms with van der Waals surface area (Å²) in [6, 6.07) is 10.3. The van der Waals surface area contributed by atoms with E-state index in [4.69, 9.17) is 0 Å². The van der Waals surface area contributed by atoms with E-state index in [1.807, 2.05) is 29.2 Å². The molecule has 2 rings (SSSR count). The van der Waals surface area contributed by atoms with Crippen molar-refractivity contribution in [2.75, 3.05) is 6.54 Å². The zero-order valence-electron chi connectivity index (χ0n) is 8.18. The van der Waals surface area contributed by atoms with Crippen LogP contribution in [-0.4, -0.2) is 17.4 Å². The van der Waals surface area contributed by atoms with Crippen LogP contribution in [0.1, 0.15) is 18.5 Å². The first kappa shape index (κ1) is 9.00. The predicted octanol–water partition coefficient (Wildman–Crippen LogP) is 2.15. The number of benzene rings is 1. The van der Waals surface area contributed by atoms with Crippen molar-refractivity contribution in [1.29, 1.82) is 0 Å². The molecule has 0 spiro atoms. The van der Waals surface area contributed by atoms with Gasteiger partial charge in [0.25, 0.3) is 0 Å². The lowest BCUT2D eigenvalue weighted by Gasteiger charge is -2.24. The third-order valence-corrected chi connectivity index (χ3v) is 2.60. The van der Waals surface area contributed by atoms with E-state index >= 15 is 0 Å². The molecule has 0 N–H and O–H groups in total. The molecule has 2 nitrogen and oxygen atoms in total. The minimum absolute atomic E-state index is 0.112. The maximum absolute atomic E-state index is 11.4. The summed E-state index contributed by atoms with van der Waals surface area (Å²) in [5, 5.41) is 0. The van der Waals surface area contributed by atoms with Gasteiger partial charge in [-0.2, -0.15) is 0 Å². The Morgan fingerprint density at radius 2 is 2.00 bits per heavy atom. The molecule has 1 aromatic carbocycles. The van der Waals surface area contributed by atoms with Gasteiger partial charge in [0.1, 0.15) is 0 Å². The van der Waals surface area contributed by atoms with E-state index in [2.05, 4.69) is 19.1 Å². The van der Waals surface area contributed by atoms with Crippen LogP contribution >= 0.6 is 0 Å². The molecule has 0 unspecified atom stereocenters. The van der Waals surface area contributed by atoms with Crippen molar-refractivity contribution in [3.8, 4) is 0 Å². The Balaban J connectivity index is 2.17. The summed E-state index contributed by atoms with van der Waals surface area (Å²) in [4.78, 5) is 13.3. The van der Waals surface area contributed by atoms with Crippen molar-refractivity contribution in [2.24, 2.45) is 0 Å². The SMILES string of the molecule is C[C@@H](c1ccccc1)N1CC=CC1=O. The standard InChI is InChI=1S/C12H13NO/c1-10(11-6-3-2-4-7-11)13-9-5-8-12(13)14/h2-8,10H,9H2,1H3/t10-/m0/s1. The summed E-state index contributed by atoms with van der Waals surface area (Å²) in [5.74, 6) is 0.112. The van der Waals surface area contributed by atoms with Crippen LogP contribution in [0.4, 0.5) is 0 Å². The first-order chi connectivity index (χ1) is 6.79. The maximum Gasteiger partial charge on any atom is 0.247 e. The number of carbonyl (C=O) groups excluding carboxylic acids is 1. The Bertz CT molecular complexity index is 356. The van der Waals surface area contributed by atoms with Gasteiger partial charge in [0.2, 0.25) is 5.91 Å². The van der Waals surface area contributed by atoms with E-state index < -0.39 is 0 Å². The fourth-order valence-corrected chi connectivity index (χ4v) is 1.71. The van der Waals surface area contributed by atoms with Gasteiger partial charge in [-0.3, -0.25) is 4.79 Å². The topological polar surface area (TPSA) is 20.3 Å². The molecule has 72 valence electrons. The second-order valence-corrected chi connectivity index (χ2v) is 3.48. The van der Waals surface area contributed by atoms with Crippen LogP contribution in [0.5, 0.6) is 0 Å². The minimum atomic E-state index is 0.112. The number of carbonyl (C=O) groups is 1. The Hall–Kier alpha value is -1.57. The quantitative estimate of drug-likeness (QED) is 0.694. The van der Waals surface area contributed by atoms with Crippen molar-refractivity contribution in [2.45, 2.75) is 13.0 Å². The highest BCUT2D eigenvalue weighted by Crippen LogP contribution is 2.21. The first-order valence-electron chi connectivity index (χ1n) is 4.81. The molecule has 0 aromatic heterocycles. The van der Waals surface area contributed by atoms with E-state index in [1.165, 1.54) is 5.56 Å². The number of hydrogen-bond acceptors (Lipinski definition) is 1. The Kier molecular flexibility index (Phi) is 2.35. The number of rotatable bonds is 2. The largest absolute Gasteiger partial charge is 0.329 e. The molecule has 1 aliphatic heterocycles. The first-order valence-corrected chi connectivity index (χ1v) is 4.81. The lowest BCUT2D eigenvalue weighted by molar-refractivity contribution is -0.126. The van der Waals surface area contributed by atoms with Gasteiger partial charge in [-0.05, 0) is 12.5 Å². The summed E-state index contributed by atoms with van der Waals surface area (Å²) in [6.07, 6.45) is 3.54. The molecule has 1 aromatic rings. The lowest BCUT2D eigenvalue weighted by atomic mass is 10.1. The Morgan fingerprint density at radius 3 is 2.57 bits per heavy atom. The van der Waals surface area contributed by atoms with Crippen LogP contribution in [0.2, 0.25) is 0 Å². The lowest BCUT2D eigenvalue weighted by Crippen LogP contribution is -2.28. The highest BCUT2D eigenvalue weighted by atomic mass is 16.2. The van der Waals surface area contributed by atoms with Crippen LogP contribution in [0.3, 0.4) is 0 Å². The molecule has 0 radical (unpaired) electrons. The molecule has 0 bridgehead atoms. The zero-order valence-corrected chi connectivity index (χ0v) is 8.18.